The van der Waals surface area contributed by atoms with Gasteiger partial charge in [0.25, 0.3) is 0 Å². The van der Waals surface area contributed by atoms with E-state index < -0.39 is 22.3 Å². The van der Waals surface area contributed by atoms with Gasteiger partial charge in [0.2, 0.25) is 0 Å². The van der Waals surface area contributed by atoms with E-state index in [4.69, 9.17) is 20.0 Å². The van der Waals surface area contributed by atoms with Crippen molar-refractivity contribution in [3.05, 3.63) is 5.21 Å². The molecule has 0 aliphatic rings. The molecule has 0 aliphatic heterocycles. The van der Waals surface area contributed by atoms with Gasteiger partial charge in [0.15, 0.2) is 0 Å². The minimum atomic E-state index is -0.905. The molecule has 8 nitrogen and oxygen atoms in total. The van der Waals surface area contributed by atoms with Crippen LogP contribution in [0, 0.1) is 5.21 Å². The number of nitrogens with two attached hydrogens (primary N) is 1. The highest BCUT2D eigenvalue weighted by Gasteiger charge is 2.29. The van der Waals surface area contributed by atoms with Crippen LogP contribution in [0.2, 0.25) is 0 Å². The van der Waals surface area contributed by atoms with E-state index in [2.05, 4.69) is 0 Å². The van der Waals surface area contributed by atoms with Crippen LogP contribution in [0.15, 0.2) is 0 Å². The van der Waals surface area contributed by atoms with Crippen LogP contribution in [-0.4, -0.2) is 46.1 Å². The molecule has 0 heterocycles. The molecule has 0 fully saturated rings. The standard InChI is InChI=1S/C21H41N2O6/c1-18(2,3)27-16(24)10-12-21(22,13-11-17(25)28-19(4,5)6)14-15-23(26)29-20(7,8)9/h10-15,22H2,1-9H3/q-1. The Kier molecular flexibility index (Phi) is 10.3. The average Bonchev–Trinajstić information content (AvgIpc) is 2.44. The van der Waals surface area contributed by atoms with Gasteiger partial charge in [0.1, 0.15) is 11.2 Å². The molecule has 2 N–H and O–H groups in total. The molecule has 0 unspecified atom stereocenters. The van der Waals surface area contributed by atoms with E-state index in [0.29, 0.717) is 5.23 Å². The number of rotatable bonds is 10. The lowest BCUT2D eigenvalue weighted by atomic mass is 9.86. The van der Waals surface area contributed by atoms with Gasteiger partial charge in [0, 0.05) is 24.9 Å². The maximum atomic E-state index is 12.1. The summed E-state index contributed by atoms with van der Waals surface area (Å²) in [6.07, 6.45) is 1.03. The van der Waals surface area contributed by atoms with Gasteiger partial charge in [-0.1, -0.05) is 0 Å². The fraction of sp³-hybridized carbons (Fsp3) is 0.905. The van der Waals surface area contributed by atoms with Crippen LogP contribution < -0.4 is 5.73 Å². The Bertz CT molecular complexity index is 497. The molecule has 0 rings (SSSR count). The highest BCUT2D eigenvalue weighted by atomic mass is 16.9. The molecule has 0 aromatic carbocycles. The highest BCUT2D eigenvalue weighted by molar-refractivity contribution is 5.70. The predicted octanol–water partition coefficient (Wildman–Crippen LogP) is 3.85. The third kappa shape index (κ3) is 16.3. The van der Waals surface area contributed by atoms with Gasteiger partial charge in [-0.2, -0.15) is 0 Å². The maximum Gasteiger partial charge on any atom is 0.306 e. The van der Waals surface area contributed by atoms with E-state index in [1.165, 1.54) is 0 Å². The second kappa shape index (κ2) is 10.7. The van der Waals surface area contributed by atoms with E-state index in [1.807, 2.05) is 0 Å². The molecule has 29 heavy (non-hydrogen) atoms. The Morgan fingerprint density at radius 2 is 1.14 bits per heavy atom. The molecule has 0 aromatic heterocycles. The summed E-state index contributed by atoms with van der Waals surface area (Å²) in [5.74, 6) is -0.732. The van der Waals surface area contributed by atoms with Gasteiger partial charge in [-0.25, -0.2) is 0 Å². The molecule has 0 saturated heterocycles. The average molecular weight is 418 g/mol. The van der Waals surface area contributed by atoms with Crippen molar-refractivity contribution in [2.24, 2.45) is 5.73 Å². The zero-order valence-electron chi connectivity index (χ0n) is 19.7. The Morgan fingerprint density at radius 3 is 1.45 bits per heavy atom. The second-order valence-electron chi connectivity index (χ2n) is 10.5. The van der Waals surface area contributed by atoms with Crippen molar-refractivity contribution in [1.29, 1.82) is 0 Å². The molecule has 0 aliphatic carbocycles. The van der Waals surface area contributed by atoms with Crippen LogP contribution in [0.3, 0.4) is 0 Å². The van der Waals surface area contributed by atoms with Crippen molar-refractivity contribution in [3.63, 3.8) is 0 Å². The Labute approximate surface area is 176 Å². The van der Waals surface area contributed by atoms with Crippen LogP contribution in [0.4, 0.5) is 0 Å². The lowest BCUT2D eigenvalue weighted by Crippen LogP contribution is -2.44. The number of carbonyl (C=O) groups excluding carboxylic acids is 2. The largest absolute Gasteiger partial charge is 0.762 e. The zero-order valence-corrected chi connectivity index (χ0v) is 19.7. The minimum absolute atomic E-state index is 0.0242. The normalized spacial score (nSPS) is 13.5. The van der Waals surface area contributed by atoms with Crippen LogP contribution in [0.25, 0.3) is 0 Å². The SMILES string of the molecule is CC(C)(C)OC(=O)CCC(N)(CCC(=O)OC(C)(C)C)CCN([O-])OC(C)(C)C. The summed E-state index contributed by atoms with van der Waals surface area (Å²) in [4.78, 5) is 29.4. The van der Waals surface area contributed by atoms with E-state index in [1.54, 1.807) is 62.3 Å². The van der Waals surface area contributed by atoms with E-state index in [9.17, 15) is 14.8 Å². The molecule has 0 amide bonds. The number of esters is 2. The van der Waals surface area contributed by atoms with Crippen molar-refractivity contribution in [2.45, 2.75) is 117 Å². The lowest BCUT2D eigenvalue weighted by molar-refractivity contribution is -0.200. The molecule has 0 spiro atoms. The first-order chi connectivity index (χ1) is 12.8. The fourth-order valence-electron chi connectivity index (χ4n) is 2.53. The lowest BCUT2D eigenvalue weighted by Gasteiger charge is -2.38. The van der Waals surface area contributed by atoms with Crippen LogP contribution in [0.1, 0.15) is 94.4 Å². The quantitative estimate of drug-likeness (QED) is 0.421. The number of ether oxygens (including phenoxy) is 2. The highest BCUT2D eigenvalue weighted by Crippen LogP contribution is 2.24. The van der Waals surface area contributed by atoms with Crippen molar-refractivity contribution in [1.82, 2.24) is 5.23 Å². The Hall–Kier alpha value is -1.22. The smallest absolute Gasteiger partial charge is 0.306 e. The van der Waals surface area contributed by atoms with Crippen LogP contribution >= 0.6 is 0 Å². The fourth-order valence-corrected chi connectivity index (χ4v) is 2.53. The molecule has 0 radical (unpaired) electrons. The van der Waals surface area contributed by atoms with Gasteiger partial charge in [0.05, 0.1) is 5.60 Å². The summed E-state index contributed by atoms with van der Waals surface area (Å²) in [5.41, 5.74) is 3.80. The number of hydrogen-bond acceptors (Lipinski definition) is 8. The first kappa shape index (κ1) is 27.8. The first-order valence-electron chi connectivity index (χ1n) is 10.2. The molecular weight excluding hydrogens is 376 g/mol. The second-order valence-corrected chi connectivity index (χ2v) is 10.5. The van der Waals surface area contributed by atoms with Crippen LogP contribution in [0.5, 0.6) is 0 Å². The minimum Gasteiger partial charge on any atom is -0.762 e. The van der Waals surface area contributed by atoms with Crippen molar-refractivity contribution >= 4 is 11.9 Å². The summed E-state index contributed by atoms with van der Waals surface area (Å²) in [5, 5.41) is 12.5. The van der Waals surface area contributed by atoms with E-state index in [0.717, 1.165) is 0 Å². The summed E-state index contributed by atoms with van der Waals surface area (Å²) in [6.45, 7) is 16.1. The summed E-state index contributed by atoms with van der Waals surface area (Å²) in [6, 6.07) is 0. The Balaban J connectivity index is 4.96. The molecule has 0 atom stereocenters. The molecule has 0 bridgehead atoms. The molecular formula is C21H41N2O6-. The third-order valence-corrected chi connectivity index (χ3v) is 3.66. The number of hydroxylamine groups is 2. The number of carbonyl (C=O) groups is 2. The zero-order chi connectivity index (χ0) is 23.1. The summed E-state index contributed by atoms with van der Waals surface area (Å²) < 4.78 is 10.7. The van der Waals surface area contributed by atoms with Crippen molar-refractivity contribution in [3.8, 4) is 0 Å². The van der Waals surface area contributed by atoms with E-state index >= 15 is 0 Å². The molecule has 172 valence electrons. The third-order valence-electron chi connectivity index (χ3n) is 3.66. The van der Waals surface area contributed by atoms with Gasteiger partial charge < -0.3 is 25.3 Å². The van der Waals surface area contributed by atoms with Gasteiger partial charge in [-0.3, -0.25) is 14.8 Å². The molecule has 8 heteroatoms. The molecule has 0 saturated carbocycles. The van der Waals surface area contributed by atoms with Crippen LogP contribution in [-0.2, 0) is 23.9 Å². The van der Waals surface area contributed by atoms with Gasteiger partial charge >= 0.3 is 11.9 Å². The predicted molar refractivity (Wildman–Crippen MR) is 113 cm³/mol. The van der Waals surface area contributed by atoms with E-state index in [-0.39, 0.29) is 50.6 Å². The number of hydrogen-bond donors (Lipinski definition) is 1. The monoisotopic (exact) mass is 417 g/mol. The Morgan fingerprint density at radius 1 is 0.759 bits per heavy atom. The van der Waals surface area contributed by atoms with Gasteiger partial charge in [-0.05, 0) is 81.6 Å². The van der Waals surface area contributed by atoms with Crippen molar-refractivity contribution in [2.75, 3.05) is 6.54 Å². The summed E-state index contributed by atoms with van der Waals surface area (Å²) >= 11 is 0. The van der Waals surface area contributed by atoms with Gasteiger partial charge in [-0.15, -0.1) is 0 Å². The van der Waals surface area contributed by atoms with Crippen molar-refractivity contribution < 1.29 is 23.9 Å². The first-order valence-corrected chi connectivity index (χ1v) is 10.2. The number of nitrogens with zero attached hydrogens (tertiary/aromatic N) is 1. The topological polar surface area (TPSA) is 114 Å². The summed E-state index contributed by atoms with van der Waals surface area (Å²) in [7, 11) is 0. The molecule has 0 aromatic rings. The maximum absolute atomic E-state index is 12.1.